The van der Waals surface area contributed by atoms with E-state index < -0.39 is 5.91 Å². The second-order valence-corrected chi connectivity index (χ2v) is 3.19. The highest BCUT2D eigenvalue weighted by Crippen LogP contribution is 2.00. The van der Waals surface area contributed by atoms with Gasteiger partial charge in [-0.25, -0.2) is 4.98 Å². The molecule has 0 saturated carbocycles. The number of carbonyl (C=O) groups excluding carboxylic acids is 1. The van der Waals surface area contributed by atoms with Gasteiger partial charge in [0, 0.05) is 24.3 Å². The smallest absolute Gasteiger partial charge is 0.254 e. The Labute approximate surface area is 86.2 Å². The minimum atomic E-state index is -0.549. The van der Waals surface area contributed by atoms with E-state index in [2.05, 4.69) is 9.97 Å². The van der Waals surface area contributed by atoms with Crippen LogP contribution in [0.1, 0.15) is 17.1 Å². The molecule has 0 aliphatic rings. The number of rotatable bonds is 4. The van der Waals surface area contributed by atoms with Gasteiger partial charge in [-0.3, -0.25) is 9.59 Å². The van der Waals surface area contributed by atoms with Crippen molar-refractivity contribution in [3.63, 3.8) is 0 Å². The Balaban J connectivity index is 3.08. The number of aryl methyl sites for hydroxylation is 1. The first-order valence-corrected chi connectivity index (χ1v) is 4.52. The van der Waals surface area contributed by atoms with Crippen molar-refractivity contribution < 1.29 is 9.90 Å². The van der Waals surface area contributed by atoms with Crippen molar-refractivity contribution in [3.8, 4) is 0 Å². The maximum absolute atomic E-state index is 11.5. The van der Waals surface area contributed by atoms with Crippen LogP contribution in [0.3, 0.4) is 0 Å². The standard InChI is InChI=1S/C9H13N3O3/c1-5-6(2-3-13)9(15)12-8(11-5)4-7(10)14/h13H,2-4H2,1H3,(H2,10,14)(H,11,12,15). The number of nitrogens with zero attached hydrogens (tertiary/aromatic N) is 1. The monoisotopic (exact) mass is 211 g/mol. The lowest BCUT2D eigenvalue weighted by molar-refractivity contribution is -0.117. The van der Waals surface area contributed by atoms with Gasteiger partial charge >= 0.3 is 0 Å². The molecule has 1 aromatic heterocycles. The van der Waals surface area contributed by atoms with Crippen LogP contribution >= 0.6 is 0 Å². The summed E-state index contributed by atoms with van der Waals surface area (Å²) in [5, 5.41) is 8.73. The van der Waals surface area contributed by atoms with E-state index in [0.29, 0.717) is 11.3 Å². The van der Waals surface area contributed by atoms with Crippen LogP contribution in [0.2, 0.25) is 0 Å². The molecule has 0 saturated heterocycles. The van der Waals surface area contributed by atoms with E-state index in [4.69, 9.17) is 10.8 Å². The first-order valence-electron chi connectivity index (χ1n) is 4.52. The van der Waals surface area contributed by atoms with E-state index in [1.807, 2.05) is 0 Å². The van der Waals surface area contributed by atoms with E-state index in [1.165, 1.54) is 0 Å². The summed E-state index contributed by atoms with van der Waals surface area (Å²) in [6, 6.07) is 0. The molecule has 6 heteroatoms. The first-order chi connectivity index (χ1) is 7.04. The average molecular weight is 211 g/mol. The SMILES string of the molecule is Cc1nc(CC(N)=O)[nH]c(=O)c1CCO. The first kappa shape index (κ1) is 11.4. The molecule has 1 heterocycles. The van der Waals surface area contributed by atoms with Gasteiger partial charge in [-0.1, -0.05) is 0 Å². The zero-order chi connectivity index (χ0) is 11.4. The van der Waals surface area contributed by atoms with Crippen molar-refractivity contribution in [3.05, 3.63) is 27.4 Å². The summed E-state index contributed by atoms with van der Waals surface area (Å²) in [7, 11) is 0. The Morgan fingerprint density at radius 2 is 2.27 bits per heavy atom. The highest BCUT2D eigenvalue weighted by molar-refractivity contribution is 5.75. The highest BCUT2D eigenvalue weighted by Gasteiger charge is 2.08. The molecule has 1 amide bonds. The van der Waals surface area contributed by atoms with Crippen LogP contribution in [0.25, 0.3) is 0 Å². The zero-order valence-corrected chi connectivity index (χ0v) is 8.41. The van der Waals surface area contributed by atoms with Crippen LogP contribution in [0.15, 0.2) is 4.79 Å². The summed E-state index contributed by atoms with van der Waals surface area (Å²) in [5.74, 6) is -0.292. The third kappa shape index (κ3) is 2.88. The molecule has 1 rings (SSSR count). The van der Waals surface area contributed by atoms with Gasteiger partial charge in [0.25, 0.3) is 5.56 Å². The third-order valence-electron chi connectivity index (χ3n) is 1.97. The largest absolute Gasteiger partial charge is 0.396 e. The summed E-state index contributed by atoms with van der Waals surface area (Å²) in [6.45, 7) is 1.55. The van der Waals surface area contributed by atoms with Gasteiger partial charge in [0.2, 0.25) is 5.91 Å². The van der Waals surface area contributed by atoms with Crippen LogP contribution in [0.4, 0.5) is 0 Å². The molecule has 0 atom stereocenters. The van der Waals surface area contributed by atoms with Gasteiger partial charge in [0.05, 0.1) is 6.42 Å². The van der Waals surface area contributed by atoms with Crippen LogP contribution in [-0.2, 0) is 17.6 Å². The third-order valence-corrected chi connectivity index (χ3v) is 1.97. The van der Waals surface area contributed by atoms with Crippen molar-refractivity contribution in [1.29, 1.82) is 0 Å². The number of nitrogens with one attached hydrogen (secondary N) is 1. The Hall–Kier alpha value is -1.69. The number of aromatic amines is 1. The number of hydrogen-bond acceptors (Lipinski definition) is 4. The summed E-state index contributed by atoms with van der Waals surface area (Å²) in [6.07, 6.45) is 0.167. The summed E-state index contributed by atoms with van der Waals surface area (Å²) in [4.78, 5) is 28.6. The molecule has 4 N–H and O–H groups in total. The Morgan fingerprint density at radius 3 is 2.73 bits per heavy atom. The quantitative estimate of drug-likeness (QED) is 0.571. The van der Waals surface area contributed by atoms with Crippen LogP contribution in [-0.4, -0.2) is 27.6 Å². The molecule has 15 heavy (non-hydrogen) atoms. The molecule has 0 aliphatic carbocycles. The number of aliphatic hydroxyl groups excluding tert-OH is 1. The van der Waals surface area contributed by atoms with E-state index >= 15 is 0 Å². The van der Waals surface area contributed by atoms with Crippen molar-refractivity contribution in [2.45, 2.75) is 19.8 Å². The molecule has 0 bridgehead atoms. The molecule has 0 radical (unpaired) electrons. The number of primary amides is 1. The van der Waals surface area contributed by atoms with Crippen molar-refractivity contribution in [1.82, 2.24) is 9.97 Å². The van der Waals surface area contributed by atoms with E-state index in [9.17, 15) is 9.59 Å². The summed E-state index contributed by atoms with van der Waals surface area (Å²) in [5.41, 5.74) is 5.61. The van der Waals surface area contributed by atoms with Crippen LogP contribution < -0.4 is 11.3 Å². The van der Waals surface area contributed by atoms with Gasteiger partial charge in [-0.05, 0) is 6.92 Å². The summed E-state index contributed by atoms with van der Waals surface area (Å²) < 4.78 is 0. The number of H-pyrrole nitrogens is 1. The molecule has 82 valence electrons. The zero-order valence-electron chi connectivity index (χ0n) is 8.41. The number of aliphatic hydroxyl groups is 1. The number of amides is 1. The van der Waals surface area contributed by atoms with Crippen molar-refractivity contribution in [2.24, 2.45) is 5.73 Å². The molecular formula is C9H13N3O3. The predicted molar refractivity (Wildman–Crippen MR) is 53.3 cm³/mol. The lowest BCUT2D eigenvalue weighted by Crippen LogP contribution is -2.23. The highest BCUT2D eigenvalue weighted by atomic mass is 16.3. The molecule has 0 aromatic carbocycles. The Morgan fingerprint density at radius 1 is 1.60 bits per heavy atom. The summed E-state index contributed by atoms with van der Waals surface area (Å²) >= 11 is 0. The lowest BCUT2D eigenvalue weighted by atomic mass is 10.2. The number of nitrogens with two attached hydrogens (primary N) is 1. The Kier molecular flexibility index (Phi) is 3.56. The fraction of sp³-hybridized carbons (Fsp3) is 0.444. The molecule has 0 fully saturated rings. The number of hydrogen-bond donors (Lipinski definition) is 3. The van der Waals surface area contributed by atoms with Crippen LogP contribution in [0, 0.1) is 6.92 Å². The van der Waals surface area contributed by atoms with Gasteiger partial charge in [0.15, 0.2) is 0 Å². The predicted octanol–water partition coefficient (Wildman–Crippen LogP) is -1.36. The van der Waals surface area contributed by atoms with Crippen LogP contribution in [0.5, 0.6) is 0 Å². The van der Waals surface area contributed by atoms with Crippen molar-refractivity contribution in [2.75, 3.05) is 6.61 Å². The maximum Gasteiger partial charge on any atom is 0.254 e. The normalized spacial score (nSPS) is 10.3. The fourth-order valence-electron chi connectivity index (χ4n) is 1.32. The van der Waals surface area contributed by atoms with Gasteiger partial charge in [-0.15, -0.1) is 0 Å². The molecular weight excluding hydrogens is 198 g/mol. The maximum atomic E-state index is 11.5. The van der Waals surface area contributed by atoms with E-state index in [0.717, 1.165) is 0 Å². The second-order valence-electron chi connectivity index (χ2n) is 3.19. The topological polar surface area (TPSA) is 109 Å². The van der Waals surface area contributed by atoms with Gasteiger partial charge in [-0.2, -0.15) is 0 Å². The molecule has 0 aliphatic heterocycles. The average Bonchev–Trinajstić information content (AvgIpc) is 2.10. The second kappa shape index (κ2) is 4.70. The van der Waals surface area contributed by atoms with Gasteiger partial charge in [0.1, 0.15) is 5.82 Å². The van der Waals surface area contributed by atoms with Crippen molar-refractivity contribution >= 4 is 5.91 Å². The number of carbonyl (C=O) groups is 1. The molecule has 0 spiro atoms. The minimum Gasteiger partial charge on any atom is -0.396 e. The molecule has 0 unspecified atom stereocenters. The number of aromatic nitrogens is 2. The van der Waals surface area contributed by atoms with E-state index in [-0.39, 0.29) is 30.8 Å². The van der Waals surface area contributed by atoms with Gasteiger partial charge < -0.3 is 15.8 Å². The lowest BCUT2D eigenvalue weighted by Gasteiger charge is -2.04. The molecule has 6 nitrogen and oxygen atoms in total. The Bertz CT molecular complexity index is 425. The van der Waals surface area contributed by atoms with E-state index in [1.54, 1.807) is 6.92 Å². The fourth-order valence-corrected chi connectivity index (χ4v) is 1.32. The minimum absolute atomic E-state index is 0.0878. The molecule has 1 aromatic rings.